The number of hydrogen-bond donors (Lipinski definition) is 2. The predicted molar refractivity (Wildman–Crippen MR) is 94.0 cm³/mol. The van der Waals surface area contributed by atoms with Gasteiger partial charge in [0, 0.05) is 17.1 Å². The predicted octanol–water partition coefficient (Wildman–Crippen LogP) is 3.47. The molecule has 1 unspecified atom stereocenters. The number of carbonyl (C=O) groups is 1. The SMILES string of the molecule is CCC(N)(CC)CNC(=O)C(C)Oc1ccc(Cl)c(C)c1.Cl. The number of carbonyl (C=O) groups excluding carboxylic acids is 1. The number of benzene rings is 1. The van der Waals surface area contributed by atoms with Crippen molar-refractivity contribution in [1.29, 1.82) is 0 Å². The fourth-order valence-electron chi connectivity index (χ4n) is 1.86. The lowest BCUT2D eigenvalue weighted by Gasteiger charge is -2.27. The maximum Gasteiger partial charge on any atom is 0.260 e. The van der Waals surface area contributed by atoms with Crippen LogP contribution in [0.15, 0.2) is 18.2 Å². The van der Waals surface area contributed by atoms with Crippen molar-refractivity contribution in [3.8, 4) is 5.75 Å². The molecule has 1 amide bonds. The van der Waals surface area contributed by atoms with Crippen LogP contribution in [0.3, 0.4) is 0 Å². The van der Waals surface area contributed by atoms with Crippen molar-refractivity contribution in [3.05, 3.63) is 28.8 Å². The molecule has 1 aromatic carbocycles. The van der Waals surface area contributed by atoms with Crippen molar-refractivity contribution >= 4 is 29.9 Å². The largest absolute Gasteiger partial charge is 0.481 e. The average Bonchev–Trinajstić information content (AvgIpc) is 2.48. The van der Waals surface area contributed by atoms with Crippen molar-refractivity contribution in [2.45, 2.75) is 52.2 Å². The Morgan fingerprint density at radius 3 is 2.50 bits per heavy atom. The maximum absolute atomic E-state index is 12.1. The number of aryl methyl sites for hydroxylation is 1. The van der Waals surface area contributed by atoms with Gasteiger partial charge in [-0.25, -0.2) is 0 Å². The summed E-state index contributed by atoms with van der Waals surface area (Å²) in [7, 11) is 0. The standard InChI is InChI=1S/C16H25ClN2O2.ClH/c1-5-16(18,6-2)10-19-15(20)12(4)21-13-7-8-14(17)11(3)9-13;/h7-9,12H,5-6,10,18H2,1-4H3,(H,19,20);1H. The van der Waals surface area contributed by atoms with Crippen molar-refractivity contribution in [3.63, 3.8) is 0 Å². The van der Waals surface area contributed by atoms with E-state index in [0.717, 1.165) is 18.4 Å². The number of nitrogens with one attached hydrogen (secondary N) is 1. The lowest BCUT2D eigenvalue weighted by atomic mass is 9.94. The number of ether oxygens (including phenoxy) is 1. The molecule has 1 rings (SSSR count). The Morgan fingerprint density at radius 2 is 2.00 bits per heavy atom. The molecule has 0 saturated heterocycles. The van der Waals surface area contributed by atoms with Gasteiger partial charge in [-0.15, -0.1) is 12.4 Å². The zero-order valence-electron chi connectivity index (χ0n) is 13.6. The summed E-state index contributed by atoms with van der Waals surface area (Å²) >= 11 is 5.96. The number of amides is 1. The summed E-state index contributed by atoms with van der Waals surface area (Å²) in [6, 6.07) is 5.33. The first-order valence-corrected chi connectivity index (χ1v) is 7.68. The highest BCUT2D eigenvalue weighted by atomic mass is 35.5. The molecule has 126 valence electrons. The van der Waals surface area contributed by atoms with E-state index in [0.29, 0.717) is 17.3 Å². The molecule has 3 N–H and O–H groups in total. The molecule has 0 bridgehead atoms. The number of rotatable bonds is 7. The number of halogens is 2. The Bertz CT molecular complexity index is 491. The van der Waals surface area contributed by atoms with E-state index in [1.54, 1.807) is 19.1 Å². The summed E-state index contributed by atoms with van der Waals surface area (Å²) < 4.78 is 5.63. The van der Waals surface area contributed by atoms with Gasteiger partial charge in [-0.3, -0.25) is 4.79 Å². The fraction of sp³-hybridized carbons (Fsp3) is 0.562. The van der Waals surface area contributed by atoms with Crippen molar-refractivity contribution in [1.82, 2.24) is 5.32 Å². The molecular formula is C16H26Cl2N2O2. The Labute approximate surface area is 144 Å². The summed E-state index contributed by atoms with van der Waals surface area (Å²) in [5, 5.41) is 3.54. The van der Waals surface area contributed by atoms with Gasteiger partial charge < -0.3 is 15.8 Å². The second kappa shape index (κ2) is 9.23. The zero-order chi connectivity index (χ0) is 16.0. The zero-order valence-corrected chi connectivity index (χ0v) is 15.2. The minimum Gasteiger partial charge on any atom is -0.481 e. The lowest BCUT2D eigenvalue weighted by molar-refractivity contribution is -0.127. The Kier molecular flexibility index (Phi) is 8.83. The van der Waals surface area contributed by atoms with Crippen LogP contribution in [0, 0.1) is 6.92 Å². The third kappa shape index (κ3) is 6.03. The molecule has 0 radical (unpaired) electrons. The van der Waals surface area contributed by atoms with Crippen molar-refractivity contribution < 1.29 is 9.53 Å². The van der Waals surface area contributed by atoms with Gasteiger partial charge in [0.05, 0.1) is 0 Å². The summed E-state index contributed by atoms with van der Waals surface area (Å²) in [6.45, 7) is 8.10. The van der Waals surface area contributed by atoms with Gasteiger partial charge in [-0.05, 0) is 50.5 Å². The first-order valence-electron chi connectivity index (χ1n) is 7.30. The van der Waals surface area contributed by atoms with E-state index in [2.05, 4.69) is 5.32 Å². The molecule has 0 aliphatic rings. The molecule has 22 heavy (non-hydrogen) atoms. The normalized spacial score (nSPS) is 12.3. The van der Waals surface area contributed by atoms with Gasteiger partial charge in [0.2, 0.25) is 0 Å². The van der Waals surface area contributed by atoms with Crippen LogP contribution in [0.25, 0.3) is 0 Å². The third-order valence-electron chi connectivity index (χ3n) is 3.83. The van der Waals surface area contributed by atoms with Gasteiger partial charge in [-0.2, -0.15) is 0 Å². The van der Waals surface area contributed by atoms with Crippen LogP contribution < -0.4 is 15.8 Å². The van der Waals surface area contributed by atoms with E-state index in [4.69, 9.17) is 22.1 Å². The van der Waals surface area contributed by atoms with E-state index in [1.165, 1.54) is 0 Å². The van der Waals surface area contributed by atoms with E-state index < -0.39 is 6.10 Å². The Morgan fingerprint density at radius 1 is 1.41 bits per heavy atom. The second-order valence-corrected chi connectivity index (χ2v) is 5.87. The summed E-state index contributed by atoms with van der Waals surface area (Å²) in [5.74, 6) is 0.462. The first-order chi connectivity index (χ1) is 9.81. The molecule has 0 aliphatic heterocycles. The summed E-state index contributed by atoms with van der Waals surface area (Å²) in [6.07, 6.45) is 1.05. The highest BCUT2D eigenvalue weighted by molar-refractivity contribution is 6.31. The topological polar surface area (TPSA) is 64.3 Å². The van der Waals surface area contributed by atoms with Crippen LogP contribution in [0.5, 0.6) is 5.75 Å². The van der Waals surface area contributed by atoms with Crippen LogP contribution in [-0.2, 0) is 4.79 Å². The molecule has 0 spiro atoms. The van der Waals surface area contributed by atoms with E-state index in [-0.39, 0.29) is 23.9 Å². The molecular weight excluding hydrogens is 323 g/mol. The number of nitrogens with two attached hydrogens (primary N) is 1. The molecule has 1 aromatic rings. The van der Waals surface area contributed by atoms with Gasteiger partial charge in [0.25, 0.3) is 5.91 Å². The first kappa shape index (κ1) is 21.0. The Hall–Kier alpha value is -0.970. The van der Waals surface area contributed by atoms with Gasteiger partial charge in [0.1, 0.15) is 5.75 Å². The second-order valence-electron chi connectivity index (χ2n) is 5.46. The monoisotopic (exact) mass is 348 g/mol. The summed E-state index contributed by atoms with van der Waals surface area (Å²) in [4.78, 5) is 12.1. The molecule has 0 heterocycles. The molecule has 4 nitrogen and oxygen atoms in total. The van der Waals surface area contributed by atoms with Crippen LogP contribution in [0.1, 0.15) is 39.2 Å². The maximum atomic E-state index is 12.1. The van der Waals surface area contributed by atoms with E-state index >= 15 is 0 Å². The quantitative estimate of drug-likeness (QED) is 0.792. The van der Waals surface area contributed by atoms with Crippen LogP contribution in [0.4, 0.5) is 0 Å². The minimum atomic E-state index is -0.580. The molecule has 0 aliphatic carbocycles. The smallest absolute Gasteiger partial charge is 0.260 e. The van der Waals surface area contributed by atoms with E-state index in [1.807, 2.05) is 26.8 Å². The molecule has 1 atom stereocenters. The highest BCUT2D eigenvalue weighted by Crippen LogP contribution is 2.21. The third-order valence-corrected chi connectivity index (χ3v) is 4.26. The van der Waals surface area contributed by atoms with Crippen LogP contribution >= 0.6 is 24.0 Å². The van der Waals surface area contributed by atoms with Crippen molar-refractivity contribution in [2.75, 3.05) is 6.54 Å². The minimum absolute atomic E-state index is 0. The molecule has 0 fully saturated rings. The highest BCUT2D eigenvalue weighted by Gasteiger charge is 2.23. The Balaban J connectivity index is 0.00000441. The molecule has 0 aromatic heterocycles. The number of hydrogen-bond acceptors (Lipinski definition) is 3. The van der Waals surface area contributed by atoms with Gasteiger partial charge >= 0.3 is 0 Å². The van der Waals surface area contributed by atoms with Gasteiger partial charge in [0.15, 0.2) is 6.10 Å². The lowest BCUT2D eigenvalue weighted by Crippen LogP contribution is -2.51. The molecule has 6 heteroatoms. The van der Waals surface area contributed by atoms with E-state index in [9.17, 15) is 4.79 Å². The van der Waals surface area contributed by atoms with Crippen LogP contribution in [-0.4, -0.2) is 24.1 Å². The molecule has 0 saturated carbocycles. The van der Waals surface area contributed by atoms with Crippen LogP contribution in [0.2, 0.25) is 5.02 Å². The van der Waals surface area contributed by atoms with Gasteiger partial charge in [-0.1, -0.05) is 25.4 Å². The average molecular weight is 349 g/mol. The summed E-state index contributed by atoms with van der Waals surface area (Å²) in [5.41, 5.74) is 6.73. The fourth-order valence-corrected chi connectivity index (χ4v) is 1.97. The van der Waals surface area contributed by atoms with Crippen molar-refractivity contribution in [2.24, 2.45) is 5.73 Å².